The second-order valence-corrected chi connectivity index (χ2v) is 23.9. The number of rotatable bonds is 17. The van der Waals surface area contributed by atoms with Gasteiger partial charge in [0.1, 0.15) is 17.2 Å². The molecule has 0 spiro atoms. The molecule has 0 saturated heterocycles. The molecule has 0 aliphatic heterocycles. The van der Waals surface area contributed by atoms with E-state index < -0.39 is 17.7 Å². The molecule has 0 fully saturated rings. The first-order chi connectivity index (χ1) is 40.2. The van der Waals surface area contributed by atoms with Crippen LogP contribution in [0, 0.1) is 0 Å². The summed E-state index contributed by atoms with van der Waals surface area (Å²) >= 11 is 30.9. The third-order valence-corrected chi connectivity index (χ3v) is 14.1. The lowest BCUT2D eigenvalue weighted by atomic mass is 9.98. The summed E-state index contributed by atoms with van der Waals surface area (Å²) in [6.45, 7) is 18.1. The molecule has 0 saturated carbocycles. The van der Waals surface area contributed by atoms with Crippen LogP contribution in [0.15, 0.2) is 98.0 Å². The van der Waals surface area contributed by atoms with Gasteiger partial charge in [0.15, 0.2) is 32.4 Å². The first-order valence-corrected chi connectivity index (χ1v) is 28.8. The second kappa shape index (κ2) is 27.1. The standard InChI is InChI=1S/C27H30Cl2N6O3.C22H22Cl2N6O.C10H10ClN3O2/c1-16(2)25-19(14-30-24-11-23(29)33-35(24)25)10-20(36)8-17-6-7-22(21(28)9-17)34-15-18(13-32-34)12-31-26(37)38-27(3,4)5;1-13(2)22-16(11-26-21-8-20(24)28-30(21)22)7-17(31)5-14-3-4-19(18(23)6-14)29-12-15(9-25)10-27-29;1-5(2)9-6(10(15)16)4-12-8-3-7(11)13-14(8)9/h6-7,9,11,13-16H,8,10,12H2,1-5H3,(H,31,37);3-4,6,8,10-13H,5,7,9,25H2,1-2H3;3-5H,1-2H3,(H,15,16). The third-order valence-electron chi connectivity index (χ3n) is 12.9. The zero-order chi connectivity index (χ0) is 61.6. The number of aromatic nitrogens is 13. The molecule has 0 aliphatic rings. The van der Waals surface area contributed by atoms with Gasteiger partial charge in [-0.3, -0.25) is 9.59 Å². The van der Waals surface area contributed by atoms with Crippen LogP contribution in [-0.4, -0.2) is 97.7 Å². The molecule has 0 radical (unpaired) electrons. The van der Waals surface area contributed by atoms with E-state index in [0.717, 1.165) is 50.5 Å². The van der Waals surface area contributed by atoms with E-state index in [2.05, 4.69) is 59.6 Å². The maximum Gasteiger partial charge on any atom is 0.407 e. The number of hydrogen-bond acceptors (Lipinski definition) is 14. The molecule has 4 N–H and O–H groups in total. The number of halogens is 5. The predicted octanol–water partition coefficient (Wildman–Crippen LogP) is 12.1. The molecular formula is C59H62Cl5N15O6. The van der Waals surface area contributed by atoms with Crippen LogP contribution in [0.5, 0.6) is 0 Å². The maximum atomic E-state index is 13.0. The zero-order valence-corrected chi connectivity index (χ0v) is 51.8. The van der Waals surface area contributed by atoms with Crippen molar-refractivity contribution in [1.82, 2.24) is 68.7 Å². The van der Waals surface area contributed by atoms with E-state index in [1.165, 1.54) is 10.7 Å². The summed E-state index contributed by atoms with van der Waals surface area (Å²) in [7, 11) is 0. The van der Waals surface area contributed by atoms with Crippen LogP contribution in [0.1, 0.15) is 141 Å². The third kappa shape index (κ3) is 15.8. The highest BCUT2D eigenvalue weighted by atomic mass is 35.5. The van der Waals surface area contributed by atoms with Crippen LogP contribution in [0.3, 0.4) is 0 Å². The van der Waals surface area contributed by atoms with E-state index in [1.807, 2.05) is 58.2 Å². The van der Waals surface area contributed by atoms with Gasteiger partial charge in [-0.05, 0) is 85.0 Å². The summed E-state index contributed by atoms with van der Waals surface area (Å²) in [5.41, 5.74) is 16.0. The van der Waals surface area contributed by atoms with Gasteiger partial charge in [-0.25, -0.2) is 47.5 Å². The fourth-order valence-corrected chi connectivity index (χ4v) is 10.5. The SMILES string of the molecule is CC(C)c1c(C(=O)O)cnc2cc(Cl)nn12.CC(C)c1c(CC(=O)Cc2ccc(-n3cc(CN)cn3)c(Cl)c2)cnc2cc(Cl)nn12.CC(C)c1c(CC(=O)Cc2ccc(-n3cc(CNC(=O)OC(C)(C)C)cn3)c(Cl)c2)cnc2cc(Cl)nn12. The number of carbonyl (C=O) groups excluding carboxylic acids is 3. The minimum Gasteiger partial charge on any atom is -0.478 e. The van der Waals surface area contributed by atoms with Gasteiger partial charge in [-0.2, -0.15) is 25.5 Å². The van der Waals surface area contributed by atoms with E-state index in [9.17, 15) is 19.2 Å². The Kier molecular flexibility index (Phi) is 20.1. The topological polar surface area (TPSA) is 262 Å². The van der Waals surface area contributed by atoms with Crippen molar-refractivity contribution < 1.29 is 29.0 Å². The van der Waals surface area contributed by atoms with E-state index in [4.69, 9.17) is 73.6 Å². The molecule has 8 aromatic heterocycles. The fraction of sp³-hybridized carbons (Fsp3) is 0.322. The highest BCUT2D eigenvalue weighted by Crippen LogP contribution is 2.28. The van der Waals surface area contributed by atoms with Crippen molar-refractivity contribution in [1.29, 1.82) is 0 Å². The molecule has 85 heavy (non-hydrogen) atoms. The number of benzene rings is 2. The van der Waals surface area contributed by atoms with Crippen LogP contribution < -0.4 is 11.1 Å². The molecular weight excluding hydrogens is 1190 g/mol. The first-order valence-electron chi connectivity index (χ1n) is 26.9. The van der Waals surface area contributed by atoms with Crippen molar-refractivity contribution in [2.45, 2.75) is 124 Å². The Morgan fingerprint density at radius 2 is 0.976 bits per heavy atom. The monoisotopic (exact) mass is 1250 g/mol. The molecule has 1 amide bonds. The van der Waals surface area contributed by atoms with E-state index >= 15 is 0 Å². The quantitative estimate of drug-likeness (QED) is 0.0765. The van der Waals surface area contributed by atoms with Crippen LogP contribution >= 0.6 is 58.0 Å². The van der Waals surface area contributed by atoms with Crippen LogP contribution in [0.25, 0.3) is 28.3 Å². The minimum atomic E-state index is -1.01. The van der Waals surface area contributed by atoms with Crippen LogP contribution in [0.4, 0.5) is 4.79 Å². The van der Waals surface area contributed by atoms with Gasteiger partial charge in [0.25, 0.3) is 0 Å². The highest BCUT2D eigenvalue weighted by Gasteiger charge is 2.22. The number of ether oxygens (including phenoxy) is 1. The Bertz CT molecular complexity index is 4100. The number of fused-ring (bicyclic) bond motifs is 3. The van der Waals surface area contributed by atoms with Gasteiger partial charge in [0.05, 0.1) is 56.5 Å². The van der Waals surface area contributed by atoms with Crippen molar-refractivity contribution in [3.8, 4) is 11.4 Å². The molecule has 0 unspecified atom stereocenters. The Hall–Kier alpha value is -7.79. The Labute approximate surface area is 514 Å². The van der Waals surface area contributed by atoms with Crippen molar-refractivity contribution in [2.75, 3.05) is 0 Å². The molecule has 0 aliphatic carbocycles. The lowest BCUT2D eigenvalue weighted by Crippen LogP contribution is -2.32. The normalized spacial score (nSPS) is 11.6. The minimum absolute atomic E-state index is 0.0209. The molecule has 2 aromatic carbocycles. The number of carbonyl (C=O) groups is 4. The summed E-state index contributed by atoms with van der Waals surface area (Å²) in [5.74, 6) is -0.603. The number of nitrogens with two attached hydrogens (primary N) is 1. The Morgan fingerprint density at radius 3 is 1.36 bits per heavy atom. The van der Waals surface area contributed by atoms with Crippen molar-refractivity contribution in [2.24, 2.45) is 5.73 Å². The largest absolute Gasteiger partial charge is 0.478 e. The molecule has 0 bridgehead atoms. The smallest absolute Gasteiger partial charge is 0.407 e. The number of hydrogen-bond donors (Lipinski definition) is 3. The number of carboxylic acids is 1. The highest BCUT2D eigenvalue weighted by molar-refractivity contribution is 6.33. The predicted molar refractivity (Wildman–Crippen MR) is 326 cm³/mol. The first kappa shape index (κ1) is 63.2. The number of aromatic carboxylic acids is 1. The lowest BCUT2D eigenvalue weighted by Gasteiger charge is -2.19. The second-order valence-electron chi connectivity index (χ2n) is 21.9. The van der Waals surface area contributed by atoms with Crippen molar-refractivity contribution in [3.05, 3.63) is 180 Å². The molecule has 21 nitrogen and oxygen atoms in total. The van der Waals surface area contributed by atoms with Gasteiger partial charge in [0, 0.05) is 99.1 Å². The lowest BCUT2D eigenvalue weighted by molar-refractivity contribution is -0.118. The molecule has 26 heteroatoms. The van der Waals surface area contributed by atoms with Gasteiger partial charge >= 0.3 is 12.1 Å². The average molecular weight is 1250 g/mol. The van der Waals surface area contributed by atoms with E-state index in [-0.39, 0.29) is 67.1 Å². The van der Waals surface area contributed by atoms with Gasteiger partial charge in [0.2, 0.25) is 0 Å². The Morgan fingerprint density at radius 1 is 0.565 bits per heavy atom. The van der Waals surface area contributed by atoms with Crippen molar-refractivity contribution in [3.63, 3.8) is 0 Å². The Balaban J connectivity index is 0.000000179. The van der Waals surface area contributed by atoms with Crippen molar-refractivity contribution >= 4 is 98.6 Å². The summed E-state index contributed by atoms with van der Waals surface area (Å²) in [6, 6.07) is 16.0. The number of ketones is 2. The molecule has 8 heterocycles. The maximum absolute atomic E-state index is 13.0. The van der Waals surface area contributed by atoms with E-state index in [1.54, 1.807) is 100 Å². The average Bonchev–Trinajstić information content (AvgIpc) is 2.34. The van der Waals surface area contributed by atoms with Gasteiger partial charge < -0.3 is 20.9 Å². The number of nitrogens with zero attached hydrogens (tertiary/aromatic N) is 13. The van der Waals surface area contributed by atoms with Crippen LogP contribution in [-0.2, 0) is 53.1 Å². The summed E-state index contributed by atoms with van der Waals surface area (Å²) in [6.07, 6.45) is 12.2. The van der Waals surface area contributed by atoms with Crippen LogP contribution in [0.2, 0.25) is 25.5 Å². The molecule has 0 atom stereocenters. The number of nitrogens with one attached hydrogen (secondary N) is 1. The summed E-state index contributed by atoms with van der Waals surface area (Å²) < 4.78 is 13.5. The molecule has 444 valence electrons. The number of carboxylic acid groups (broad SMARTS) is 1. The molecule has 10 aromatic rings. The zero-order valence-electron chi connectivity index (χ0n) is 48.0. The molecule has 10 rings (SSSR count). The fourth-order valence-electron chi connectivity index (χ4n) is 9.43. The van der Waals surface area contributed by atoms with Gasteiger partial charge in [-0.1, -0.05) is 112 Å². The van der Waals surface area contributed by atoms with Gasteiger partial charge in [-0.15, -0.1) is 0 Å². The summed E-state index contributed by atoms with van der Waals surface area (Å²) in [4.78, 5) is 61.6. The number of amides is 1. The number of Topliss-reactive ketones (excluding diaryl/α,β-unsaturated/α-hetero) is 2. The number of alkyl carbamates (subject to hydrolysis) is 1. The summed E-state index contributed by atoms with van der Waals surface area (Å²) in [5, 5.41) is 35.1. The van der Waals surface area contributed by atoms with E-state index in [0.29, 0.717) is 60.4 Å².